The molecule has 0 spiro atoms. The van der Waals surface area contributed by atoms with Gasteiger partial charge in [0, 0.05) is 22.4 Å². The lowest BCUT2D eigenvalue weighted by molar-refractivity contribution is -0.114. The molecule has 0 aliphatic carbocycles. The number of hydrogen-bond donors (Lipinski definition) is 0. The summed E-state index contributed by atoms with van der Waals surface area (Å²) in [7, 11) is 1.59. The average Bonchev–Trinajstić information content (AvgIpc) is 3.05. The Morgan fingerprint density at radius 3 is 2.61 bits per heavy atom. The highest BCUT2D eigenvalue weighted by Gasteiger charge is 2.14. The van der Waals surface area contributed by atoms with Crippen molar-refractivity contribution in [3.63, 3.8) is 0 Å². The van der Waals surface area contributed by atoms with Crippen LogP contribution in [0.1, 0.15) is 34.1 Å². The van der Waals surface area contributed by atoms with E-state index < -0.39 is 0 Å². The maximum absolute atomic E-state index is 12.8. The molecule has 0 aliphatic rings. The van der Waals surface area contributed by atoms with Crippen molar-refractivity contribution < 1.29 is 14.3 Å². The van der Waals surface area contributed by atoms with Gasteiger partial charge in [-0.25, -0.2) is 4.68 Å². The van der Waals surface area contributed by atoms with E-state index in [2.05, 4.69) is 5.10 Å². The Morgan fingerprint density at radius 2 is 1.94 bits per heavy atom. The van der Waals surface area contributed by atoms with Gasteiger partial charge in [0.1, 0.15) is 16.7 Å². The van der Waals surface area contributed by atoms with Gasteiger partial charge in [-0.05, 0) is 56.3 Å². The van der Waals surface area contributed by atoms with Gasteiger partial charge in [0.25, 0.3) is 0 Å². The molecule has 0 saturated heterocycles. The third-order valence-electron chi connectivity index (χ3n) is 4.58. The Bertz CT molecular complexity index is 1120. The Hall–Kier alpha value is -2.83. The maximum atomic E-state index is 12.8. The molecule has 2 aromatic carbocycles. The molecule has 0 amide bonds. The van der Waals surface area contributed by atoms with E-state index in [0.29, 0.717) is 33.5 Å². The van der Waals surface area contributed by atoms with E-state index in [1.807, 2.05) is 37.3 Å². The van der Waals surface area contributed by atoms with E-state index >= 15 is 0 Å². The number of thioether (sulfide) groups is 1. The van der Waals surface area contributed by atoms with Crippen LogP contribution in [0.15, 0.2) is 54.6 Å². The fourth-order valence-electron chi connectivity index (χ4n) is 3.05. The Morgan fingerprint density at radius 1 is 1.19 bits per heavy atom. The largest absolute Gasteiger partial charge is 0.496 e. The minimum absolute atomic E-state index is 0.113. The average molecular weight is 455 g/mol. The number of Topliss-reactive ketones (excluding diaryl/α,β-unsaturated/α-hetero) is 1. The van der Waals surface area contributed by atoms with Gasteiger partial charge in [-0.15, -0.1) is 11.8 Å². The third kappa shape index (κ3) is 5.66. The van der Waals surface area contributed by atoms with Crippen LogP contribution in [-0.2, 0) is 10.5 Å². The molecule has 0 unspecified atom stereocenters. The minimum Gasteiger partial charge on any atom is -0.496 e. The summed E-state index contributed by atoms with van der Waals surface area (Å²) in [5, 5.41) is 4.94. The summed E-state index contributed by atoms with van der Waals surface area (Å²) in [6.07, 6.45) is 3.19. The number of allylic oxidation sites excluding steroid dienone is 1. The second kappa shape index (κ2) is 10.5. The highest BCUT2D eigenvalue weighted by Crippen LogP contribution is 2.27. The second-order valence-corrected chi connectivity index (χ2v) is 8.30. The first-order chi connectivity index (χ1) is 14.9. The smallest absolute Gasteiger partial charge is 0.185 e. The number of carbonyl (C=O) groups excluding carboxylic acids is 2. The van der Waals surface area contributed by atoms with Crippen LogP contribution in [-0.4, -0.2) is 34.2 Å². The van der Waals surface area contributed by atoms with Crippen LogP contribution in [0.2, 0.25) is 5.15 Å². The molecule has 1 heterocycles. The molecular formula is C24H23ClN2O3S. The molecule has 0 atom stereocenters. The number of para-hydroxylation sites is 1. The monoisotopic (exact) mass is 454 g/mol. The molecule has 0 fully saturated rings. The zero-order valence-electron chi connectivity index (χ0n) is 17.6. The Labute approximate surface area is 191 Å². The number of carbonyl (C=O) groups is 2. The summed E-state index contributed by atoms with van der Waals surface area (Å²) >= 11 is 8.02. The number of ketones is 2. The molecular weight excluding hydrogens is 432 g/mol. The van der Waals surface area contributed by atoms with E-state index in [9.17, 15) is 9.59 Å². The molecule has 0 saturated carbocycles. The number of ether oxygens (including phenoxy) is 1. The minimum atomic E-state index is -0.150. The summed E-state index contributed by atoms with van der Waals surface area (Å²) < 4.78 is 7.04. The number of aryl methyl sites for hydroxylation is 1. The fourth-order valence-corrected chi connectivity index (χ4v) is 4.22. The Balaban J connectivity index is 1.81. The van der Waals surface area contributed by atoms with Gasteiger partial charge < -0.3 is 4.74 Å². The molecule has 3 aromatic rings. The summed E-state index contributed by atoms with van der Waals surface area (Å²) in [5.74, 6) is 1.66. The van der Waals surface area contributed by atoms with Crippen LogP contribution in [0.3, 0.4) is 0 Å². The number of hydrogen-bond acceptors (Lipinski definition) is 5. The van der Waals surface area contributed by atoms with Crippen LogP contribution in [0, 0.1) is 6.92 Å². The zero-order valence-corrected chi connectivity index (χ0v) is 19.2. The van der Waals surface area contributed by atoms with Gasteiger partial charge in [0.05, 0.1) is 24.2 Å². The van der Waals surface area contributed by atoms with Crippen molar-refractivity contribution in [2.45, 2.75) is 19.6 Å². The summed E-state index contributed by atoms with van der Waals surface area (Å²) in [5.41, 5.74) is 3.70. The molecule has 0 radical (unpaired) electrons. The van der Waals surface area contributed by atoms with Gasteiger partial charge in [-0.2, -0.15) is 5.10 Å². The first-order valence-corrected chi connectivity index (χ1v) is 11.2. The van der Waals surface area contributed by atoms with Gasteiger partial charge in [0.2, 0.25) is 0 Å². The van der Waals surface area contributed by atoms with Gasteiger partial charge in [0.15, 0.2) is 5.78 Å². The van der Waals surface area contributed by atoms with Crippen molar-refractivity contribution in [2.75, 3.05) is 12.9 Å². The number of benzene rings is 2. The summed E-state index contributed by atoms with van der Waals surface area (Å²) in [4.78, 5) is 24.0. The van der Waals surface area contributed by atoms with E-state index in [1.54, 1.807) is 43.0 Å². The van der Waals surface area contributed by atoms with Gasteiger partial charge >= 0.3 is 0 Å². The number of nitrogens with zero attached hydrogens (tertiary/aromatic N) is 2. The van der Waals surface area contributed by atoms with Gasteiger partial charge in [-0.1, -0.05) is 29.8 Å². The van der Waals surface area contributed by atoms with E-state index in [0.717, 1.165) is 16.9 Å². The Kier molecular flexibility index (Phi) is 7.71. The maximum Gasteiger partial charge on any atom is 0.185 e. The van der Waals surface area contributed by atoms with Crippen LogP contribution >= 0.6 is 23.4 Å². The highest BCUT2D eigenvalue weighted by molar-refractivity contribution is 7.99. The molecule has 160 valence electrons. The molecule has 3 rings (SSSR count). The van der Waals surface area contributed by atoms with Crippen molar-refractivity contribution in [1.82, 2.24) is 9.78 Å². The topological polar surface area (TPSA) is 61.2 Å². The van der Waals surface area contributed by atoms with E-state index in [1.165, 1.54) is 17.8 Å². The molecule has 0 N–H and O–H groups in total. The van der Waals surface area contributed by atoms with Crippen molar-refractivity contribution in [1.29, 1.82) is 0 Å². The number of methoxy groups -OCH3 is 1. The van der Waals surface area contributed by atoms with E-state index in [-0.39, 0.29) is 11.6 Å². The lowest BCUT2D eigenvalue weighted by Gasteiger charge is -2.09. The predicted molar refractivity (Wildman–Crippen MR) is 127 cm³/mol. The molecule has 5 nitrogen and oxygen atoms in total. The number of rotatable bonds is 9. The molecule has 1 aromatic heterocycles. The van der Waals surface area contributed by atoms with Crippen LogP contribution in [0.4, 0.5) is 0 Å². The summed E-state index contributed by atoms with van der Waals surface area (Å²) in [6.45, 7) is 3.41. The third-order valence-corrected chi connectivity index (χ3v) is 6.07. The molecule has 0 aliphatic heterocycles. The van der Waals surface area contributed by atoms with Crippen molar-refractivity contribution in [3.8, 4) is 11.4 Å². The normalized spacial score (nSPS) is 11.1. The summed E-state index contributed by atoms with van der Waals surface area (Å²) in [6, 6.07) is 14.9. The second-order valence-electron chi connectivity index (χ2n) is 6.96. The quantitative estimate of drug-likeness (QED) is 0.313. The lowest BCUT2D eigenvalue weighted by atomic mass is 10.1. The molecule has 7 heteroatoms. The fraction of sp³-hybridized carbons (Fsp3) is 0.208. The molecule has 0 bridgehead atoms. The van der Waals surface area contributed by atoms with Crippen molar-refractivity contribution >= 4 is 41.0 Å². The highest BCUT2D eigenvalue weighted by atomic mass is 35.5. The van der Waals surface area contributed by atoms with Crippen molar-refractivity contribution in [3.05, 3.63) is 82.1 Å². The van der Waals surface area contributed by atoms with Gasteiger partial charge in [-0.3, -0.25) is 9.59 Å². The first kappa shape index (κ1) is 22.8. The number of halogens is 1. The first-order valence-electron chi connectivity index (χ1n) is 9.67. The van der Waals surface area contributed by atoms with Crippen LogP contribution < -0.4 is 4.74 Å². The zero-order chi connectivity index (χ0) is 22.4. The van der Waals surface area contributed by atoms with Crippen LogP contribution in [0.25, 0.3) is 11.8 Å². The predicted octanol–water partition coefficient (Wildman–Crippen LogP) is 5.56. The lowest BCUT2D eigenvalue weighted by Crippen LogP contribution is -2.00. The standard InChI is InChI=1S/C24H23ClN2O3S/c1-16(28)14-31-15-19-13-18(9-12-23(19)30-3)22(29)11-10-21-17(2)26-27(24(21)25)20-7-5-4-6-8-20/h4-13H,14-15H2,1-3H3/b11-10+. The van der Waals surface area contributed by atoms with Crippen molar-refractivity contribution in [2.24, 2.45) is 0 Å². The molecule has 31 heavy (non-hydrogen) atoms. The van der Waals surface area contributed by atoms with E-state index in [4.69, 9.17) is 16.3 Å². The SMILES string of the molecule is COc1ccc(C(=O)/C=C/c2c(C)nn(-c3ccccc3)c2Cl)cc1CSCC(C)=O. The van der Waals surface area contributed by atoms with Crippen LogP contribution in [0.5, 0.6) is 5.75 Å². The number of aromatic nitrogens is 2.